The average Bonchev–Trinajstić information content (AvgIpc) is 2.87. The van der Waals surface area contributed by atoms with Crippen LogP contribution in [0, 0.1) is 11.3 Å². The van der Waals surface area contributed by atoms with E-state index in [0.29, 0.717) is 6.42 Å². The molecule has 1 heteroatoms. The lowest BCUT2D eigenvalue weighted by atomic mass is 9.75. The molecule has 0 saturated heterocycles. The van der Waals surface area contributed by atoms with Crippen LogP contribution >= 0.6 is 0 Å². The zero-order valence-electron chi connectivity index (χ0n) is 12.2. The van der Waals surface area contributed by atoms with Gasteiger partial charge in [-0.05, 0) is 34.2 Å². The first-order valence-corrected chi connectivity index (χ1v) is 7.50. The zero-order chi connectivity index (χ0) is 15.0. The monoisotopic (exact) mass is 281 g/mol. The molecule has 0 heterocycles. The highest BCUT2D eigenvalue weighted by atomic mass is 14.5. The number of hydrogen-bond donors (Lipinski definition) is 0. The third kappa shape index (κ3) is 1.71. The maximum Gasteiger partial charge on any atom is 0.112 e. The van der Waals surface area contributed by atoms with Gasteiger partial charge in [0.15, 0.2) is 0 Å². The van der Waals surface area contributed by atoms with Gasteiger partial charge in [0, 0.05) is 0 Å². The number of rotatable bonds is 2. The lowest BCUT2D eigenvalue weighted by Crippen LogP contribution is -2.26. The van der Waals surface area contributed by atoms with E-state index in [0.717, 1.165) is 11.1 Å². The van der Waals surface area contributed by atoms with Crippen LogP contribution in [0.2, 0.25) is 0 Å². The fourth-order valence-corrected chi connectivity index (χ4v) is 3.58. The number of nitriles is 1. The quantitative estimate of drug-likeness (QED) is 0.666. The molecule has 4 rings (SSSR count). The van der Waals surface area contributed by atoms with E-state index < -0.39 is 5.41 Å². The highest BCUT2D eigenvalue weighted by molar-refractivity contribution is 5.83. The summed E-state index contributed by atoms with van der Waals surface area (Å²) in [6.07, 6.45) is 0.707. The summed E-state index contributed by atoms with van der Waals surface area (Å²) in [5.74, 6) is 0. The topological polar surface area (TPSA) is 23.8 Å². The van der Waals surface area contributed by atoms with Crippen LogP contribution in [0.3, 0.4) is 0 Å². The van der Waals surface area contributed by atoms with E-state index >= 15 is 0 Å². The second kappa shape index (κ2) is 4.86. The Balaban J connectivity index is 1.98. The molecule has 22 heavy (non-hydrogen) atoms. The van der Waals surface area contributed by atoms with E-state index in [4.69, 9.17) is 0 Å². The largest absolute Gasteiger partial charge is 0.197 e. The lowest BCUT2D eigenvalue weighted by molar-refractivity contribution is 0.671. The van der Waals surface area contributed by atoms with Gasteiger partial charge in [0.05, 0.1) is 6.07 Å². The normalized spacial score (nSPS) is 14.0. The highest BCUT2D eigenvalue weighted by Crippen LogP contribution is 2.50. The van der Waals surface area contributed by atoms with Crippen molar-refractivity contribution in [3.8, 4) is 17.2 Å². The molecule has 0 amide bonds. The Morgan fingerprint density at radius 1 is 0.682 bits per heavy atom. The van der Waals surface area contributed by atoms with E-state index in [1.54, 1.807) is 0 Å². The van der Waals surface area contributed by atoms with Gasteiger partial charge < -0.3 is 0 Å². The van der Waals surface area contributed by atoms with Crippen molar-refractivity contribution in [1.82, 2.24) is 0 Å². The minimum absolute atomic E-state index is 0.589. The Kier molecular flexibility index (Phi) is 2.84. The summed E-state index contributed by atoms with van der Waals surface area (Å²) >= 11 is 0. The first-order valence-electron chi connectivity index (χ1n) is 7.50. The number of nitrogens with zero attached hydrogens (tertiary/aromatic N) is 1. The average molecular weight is 281 g/mol. The van der Waals surface area contributed by atoms with E-state index in [9.17, 15) is 5.26 Å². The van der Waals surface area contributed by atoms with Gasteiger partial charge in [-0.2, -0.15) is 5.26 Å². The van der Waals surface area contributed by atoms with Crippen LogP contribution in [0.5, 0.6) is 0 Å². The maximum absolute atomic E-state index is 10.1. The predicted molar refractivity (Wildman–Crippen MR) is 88.4 cm³/mol. The third-order valence-corrected chi connectivity index (χ3v) is 4.57. The highest BCUT2D eigenvalue weighted by Gasteiger charge is 2.43. The minimum Gasteiger partial charge on any atom is -0.197 e. The van der Waals surface area contributed by atoms with Crippen LogP contribution in [0.1, 0.15) is 16.7 Å². The molecule has 0 saturated carbocycles. The van der Waals surface area contributed by atoms with Gasteiger partial charge in [-0.3, -0.25) is 0 Å². The predicted octanol–water partition coefficient (Wildman–Crippen LogP) is 4.72. The van der Waals surface area contributed by atoms with E-state index in [2.05, 4.69) is 42.5 Å². The molecule has 0 spiro atoms. The molecule has 1 aliphatic carbocycles. The van der Waals surface area contributed by atoms with Gasteiger partial charge in [-0.1, -0.05) is 78.9 Å². The van der Waals surface area contributed by atoms with Crippen molar-refractivity contribution in [3.05, 3.63) is 95.6 Å². The third-order valence-electron chi connectivity index (χ3n) is 4.57. The Bertz CT molecular complexity index is 826. The molecule has 3 aromatic carbocycles. The SMILES string of the molecule is N#CC1(Cc2ccccc2)c2ccccc2-c2ccccc21. The Labute approximate surface area is 130 Å². The molecule has 0 fully saturated rings. The van der Waals surface area contributed by atoms with Gasteiger partial charge in [-0.15, -0.1) is 0 Å². The number of fused-ring (bicyclic) bond motifs is 3. The molecule has 0 radical (unpaired) electrons. The maximum atomic E-state index is 10.1. The molecule has 1 aliphatic rings. The molecule has 0 bridgehead atoms. The Hall–Kier alpha value is -2.85. The van der Waals surface area contributed by atoms with E-state index in [-0.39, 0.29) is 0 Å². The summed E-state index contributed by atoms with van der Waals surface area (Å²) < 4.78 is 0. The van der Waals surface area contributed by atoms with Crippen LogP contribution in [-0.4, -0.2) is 0 Å². The molecule has 0 N–H and O–H groups in total. The van der Waals surface area contributed by atoms with Crippen molar-refractivity contribution in [2.24, 2.45) is 0 Å². The molecule has 3 aromatic rings. The van der Waals surface area contributed by atoms with Crippen LogP contribution in [0.15, 0.2) is 78.9 Å². The molecular weight excluding hydrogens is 266 g/mol. The summed E-state index contributed by atoms with van der Waals surface area (Å²) in [5, 5.41) is 10.1. The molecule has 0 aliphatic heterocycles. The van der Waals surface area contributed by atoms with E-state index in [1.807, 2.05) is 42.5 Å². The van der Waals surface area contributed by atoms with Crippen molar-refractivity contribution >= 4 is 0 Å². The van der Waals surface area contributed by atoms with Gasteiger partial charge in [0.25, 0.3) is 0 Å². The first-order chi connectivity index (χ1) is 10.8. The molecule has 1 nitrogen and oxygen atoms in total. The lowest BCUT2D eigenvalue weighted by Gasteiger charge is -2.24. The molecule has 104 valence electrons. The molecule has 0 aromatic heterocycles. The van der Waals surface area contributed by atoms with Crippen molar-refractivity contribution in [1.29, 1.82) is 5.26 Å². The van der Waals surface area contributed by atoms with Crippen molar-refractivity contribution < 1.29 is 0 Å². The second-order valence-corrected chi connectivity index (χ2v) is 5.77. The molecular formula is C21H15N. The summed E-state index contributed by atoms with van der Waals surface area (Å²) in [6.45, 7) is 0. The van der Waals surface area contributed by atoms with Crippen molar-refractivity contribution in [2.75, 3.05) is 0 Å². The van der Waals surface area contributed by atoms with Crippen molar-refractivity contribution in [2.45, 2.75) is 11.8 Å². The van der Waals surface area contributed by atoms with Gasteiger partial charge in [-0.25, -0.2) is 0 Å². The fourth-order valence-electron chi connectivity index (χ4n) is 3.58. The van der Waals surface area contributed by atoms with Gasteiger partial charge in [0.1, 0.15) is 5.41 Å². The first kappa shape index (κ1) is 12.9. The molecule has 0 unspecified atom stereocenters. The summed E-state index contributed by atoms with van der Waals surface area (Å²) in [6, 6.07) is 29.5. The van der Waals surface area contributed by atoms with E-state index in [1.165, 1.54) is 16.7 Å². The Morgan fingerprint density at radius 3 is 1.73 bits per heavy atom. The fraction of sp³-hybridized carbons (Fsp3) is 0.0952. The number of benzene rings is 3. The van der Waals surface area contributed by atoms with Crippen LogP contribution in [0.4, 0.5) is 0 Å². The van der Waals surface area contributed by atoms with Crippen molar-refractivity contribution in [3.63, 3.8) is 0 Å². The van der Waals surface area contributed by atoms with Crippen LogP contribution in [0.25, 0.3) is 11.1 Å². The minimum atomic E-state index is -0.589. The zero-order valence-corrected chi connectivity index (χ0v) is 12.2. The Morgan fingerprint density at radius 2 is 1.18 bits per heavy atom. The van der Waals surface area contributed by atoms with Crippen LogP contribution < -0.4 is 0 Å². The summed E-state index contributed by atoms with van der Waals surface area (Å²) in [4.78, 5) is 0. The van der Waals surface area contributed by atoms with Gasteiger partial charge >= 0.3 is 0 Å². The van der Waals surface area contributed by atoms with Crippen LogP contribution in [-0.2, 0) is 11.8 Å². The standard InChI is InChI=1S/C21H15N/c22-15-21(14-16-8-2-1-3-9-16)19-12-6-4-10-17(19)18-11-5-7-13-20(18)21/h1-13H,14H2. The summed E-state index contributed by atoms with van der Waals surface area (Å²) in [7, 11) is 0. The second-order valence-electron chi connectivity index (χ2n) is 5.77. The smallest absolute Gasteiger partial charge is 0.112 e. The summed E-state index contributed by atoms with van der Waals surface area (Å²) in [5.41, 5.74) is 5.24. The molecule has 0 atom stereocenters. The number of hydrogen-bond acceptors (Lipinski definition) is 1. The van der Waals surface area contributed by atoms with Gasteiger partial charge in [0.2, 0.25) is 0 Å².